The Morgan fingerprint density at radius 3 is 3.08 bits per heavy atom. The number of hydrogen-bond acceptors (Lipinski definition) is 6. The van der Waals surface area contributed by atoms with Crippen LogP contribution in [0.25, 0.3) is 11.0 Å². The molecule has 2 aromatic heterocycles. The Morgan fingerprint density at radius 2 is 2.20 bits per heavy atom. The summed E-state index contributed by atoms with van der Waals surface area (Å²) in [7, 11) is 0. The van der Waals surface area contributed by atoms with Gasteiger partial charge in [-0.3, -0.25) is 4.79 Å². The monoisotopic (exact) mass is 360 g/mol. The van der Waals surface area contributed by atoms with E-state index in [1.54, 1.807) is 18.1 Å². The third kappa shape index (κ3) is 4.52. The Kier molecular flexibility index (Phi) is 6.30. The van der Waals surface area contributed by atoms with Crippen molar-refractivity contribution in [3.05, 3.63) is 29.7 Å². The molecule has 0 aliphatic carbocycles. The lowest BCUT2D eigenvalue weighted by molar-refractivity contribution is -0.116. The molecule has 0 unspecified atom stereocenters. The van der Waals surface area contributed by atoms with E-state index in [0.717, 1.165) is 66.3 Å². The minimum absolute atomic E-state index is 0.00658. The standard InChI is InChI=1S/C17H24N6OS/c18-6-3-1-2-4-7-20-17(24)14-11-23(9-10-25-14)16-13-5-8-19-15(13)21-12-22-16/h5,8,11-12H,1-4,6-7,9-10,18H2,(H,20,24)(H,19,21,22). The van der Waals surface area contributed by atoms with Gasteiger partial charge >= 0.3 is 0 Å². The number of carbonyl (C=O) groups excluding carboxylic acids is 1. The Bertz CT molecular complexity index is 744. The number of nitrogens with zero attached hydrogens (tertiary/aromatic N) is 3. The first-order valence-corrected chi connectivity index (χ1v) is 9.66. The maximum absolute atomic E-state index is 12.4. The summed E-state index contributed by atoms with van der Waals surface area (Å²) in [6.07, 6.45) is 9.56. The van der Waals surface area contributed by atoms with Gasteiger partial charge < -0.3 is 20.9 Å². The molecule has 0 saturated carbocycles. The van der Waals surface area contributed by atoms with Gasteiger partial charge in [-0.1, -0.05) is 12.8 Å². The lowest BCUT2D eigenvalue weighted by Crippen LogP contribution is -2.31. The summed E-state index contributed by atoms with van der Waals surface area (Å²) in [4.78, 5) is 26.9. The predicted molar refractivity (Wildman–Crippen MR) is 102 cm³/mol. The highest BCUT2D eigenvalue weighted by molar-refractivity contribution is 8.04. The van der Waals surface area contributed by atoms with Crippen LogP contribution in [0.15, 0.2) is 29.7 Å². The quantitative estimate of drug-likeness (QED) is 0.623. The van der Waals surface area contributed by atoms with Crippen LogP contribution in [0, 0.1) is 0 Å². The molecule has 0 saturated heterocycles. The number of carbonyl (C=O) groups is 1. The molecule has 1 aliphatic rings. The minimum Gasteiger partial charge on any atom is -0.352 e. The zero-order valence-electron chi connectivity index (χ0n) is 14.2. The van der Waals surface area contributed by atoms with Crippen LogP contribution in [-0.4, -0.2) is 46.2 Å². The van der Waals surface area contributed by atoms with Crippen LogP contribution in [0.1, 0.15) is 25.7 Å². The van der Waals surface area contributed by atoms with Crippen molar-refractivity contribution in [2.45, 2.75) is 25.7 Å². The van der Waals surface area contributed by atoms with E-state index in [1.807, 2.05) is 23.4 Å². The first kappa shape index (κ1) is 17.8. The van der Waals surface area contributed by atoms with Crippen LogP contribution in [0.5, 0.6) is 0 Å². The molecule has 134 valence electrons. The summed E-state index contributed by atoms with van der Waals surface area (Å²) >= 11 is 1.59. The molecule has 0 radical (unpaired) electrons. The van der Waals surface area contributed by atoms with E-state index in [-0.39, 0.29) is 5.91 Å². The van der Waals surface area contributed by atoms with Gasteiger partial charge in [-0.25, -0.2) is 9.97 Å². The number of thioether (sulfide) groups is 1. The molecule has 7 nitrogen and oxygen atoms in total. The van der Waals surface area contributed by atoms with E-state index in [4.69, 9.17) is 5.73 Å². The van der Waals surface area contributed by atoms with Crippen molar-refractivity contribution in [1.82, 2.24) is 20.3 Å². The van der Waals surface area contributed by atoms with Gasteiger partial charge in [0.15, 0.2) is 0 Å². The van der Waals surface area contributed by atoms with E-state index in [1.165, 1.54) is 0 Å². The number of nitrogens with one attached hydrogen (secondary N) is 2. The zero-order chi connectivity index (χ0) is 17.5. The van der Waals surface area contributed by atoms with Crippen LogP contribution >= 0.6 is 11.8 Å². The Morgan fingerprint density at radius 1 is 1.32 bits per heavy atom. The van der Waals surface area contributed by atoms with Crippen molar-refractivity contribution in [3.8, 4) is 0 Å². The molecular formula is C17H24N6OS. The number of fused-ring (bicyclic) bond motifs is 1. The molecule has 25 heavy (non-hydrogen) atoms. The smallest absolute Gasteiger partial charge is 0.259 e. The third-order valence-corrected chi connectivity index (χ3v) is 5.10. The minimum atomic E-state index is -0.00658. The number of amides is 1. The average Bonchev–Trinajstić information content (AvgIpc) is 3.13. The van der Waals surface area contributed by atoms with Gasteiger partial charge in [-0.05, 0) is 25.5 Å². The highest BCUT2D eigenvalue weighted by Crippen LogP contribution is 2.28. The highest BCUT2D eigenvalue weighted by Gasteiger charge is 2.20. The number of aromatic amines is 1. The van der Waals surface area contributed by atoms with E-state index in [2.05, 4.69) is 20.3 Å². The molecule has 2 aromatic rings. The molecule has 0 aromatic carbocycles. The number of anilines is 1. The third-order valence-electron chi connectivity index (χ3n) is 4.11. The maximum Gasteiger partial charge on any atom is 0.259 e. The maximum atomic E-state index is 12.4. The number of H-pyrrole nitrogens is 1. The summed E-state index contributed by atoms with van der Waals surface area (Å²) < 4.78 is 0. The van der Waals surface area contributed by atoms with Crippen LogP contribution in [0.4, 0.5) is 5.82 Å². The molecule has 3 heterocycles. The zero-order valence-corrected chi connectivity index (χ0v) is 15.0. The summed E-state index contributed by atoms with van der Waals surface area (Å²) in [5.74, 6) is 1.68. The van der Waals surface area contributed by atoms with Gasteiger partial charge in [-0.2, -0.15) is 0 Å². The highest BCUT2D eigenvalue weighted by atomic mass is 32.2. The van der Waals surface area contributed by atoms with Crippen molar-refractivity contribution in [3.63, 3.8) is 0 Å². The molecular weight excluding hydrogens is 336 g/mol. The second-order valence-corrected chi connectivity index (χ2v) is 7.07. The summed E-state index contributed by atoms with van der Waals surface area (Å²) in [6.45, 7) is 2.26. The van der Waals surface area contributed by atoms with Gasteiger partial charge in [0, 0.05) is 31.2 Å². The van der Waals surface area contributed by atoms with E-state index in [9.17, 15) is 4.79 Å². The molecule has 1 amide bonds. The Balaban J connectivity index is 1.60. The van der Waals surface area contributed by atoms with Crippen LogP contribution in [0.2, 0.25) is 0 Å². The molecule has 1 aliphatic heterocycles. The van der Waals surface area contributed by atoms with E-state index >= 15 is 0 Å². The van der Waals surface area contributed by atoms with E-state index < -0.39 is 0 Å². The number of unbranched alkanes of at least 4 members (excludes halogenated alkanes) is 3. The van der Waals surface area contributed by atoms with Gasteiger partial charge in [0.25, 0.3) is 5.91 Å². The lowest BCUT2D eigenvalue weighted by Gasteiger charge is -2.25. The lowest BCUT2D eigenvalue weighted by atomic mass is 10.2. The average molecular weight is 360 g/mol. The summed E-state index contributed by atoms with van der Waals surface area (Å²) in [5, 5.41) is 3.97. The topological polar surface area (TPSA) is 99.9 Å². The normalized spacial score (nSPS) is 14.6. The first-order valence-electron chi connectivity index (χ1n) is 8.67. The SMILES string of the molecule is NCCCCCCNC(=O)C1=CN(c2ncnc3[nH]ccc23)CCS1. The second-order valence-electron chi connectivity index (χ2n) is 5.93. The fourth-order valence-electron chi connectivity index (χ4n) is 2.79. The summed E-state index contributed by atoms with van der Waals surface area (Å²) in [5.41, 5.74) is 6.29. The van der Waals surface area contributed by atoms with Crippen molar-refractivity contribution in [1.29, 1.82) is 0 Å². The first-order chi connectivity index (χ1) is 12.3. The Labute approximate surface area is 151 Å². The van der Waals surface area contributed by atoms with Crippen LogP contribution in [-0.2, 0) is 4.79 Å². The number of rotatable bonds is 8. The fraction of sp³-hybridized carbons (Fsp3) is 0.471. The summed E-state index contributed by atoms with van der Waals surface area (Å²) in [6, 6.07) is 1.96. The predicted octanol–water partition coefficient (Wildman–Crippen LogP) is 1.99. The van der Waals surface area contributed by atoms with Crippen molar-refractivity contribution in [2.75, 3.05) is 30.3 Å². The number of aromatic nitrogens is 3. The fourth-order valence-corrected chi connectivity index (χ4v) is 3.70. The van der Waals surface area contributed by atoms with Crippen LogP contribution in [0.3, 0.4) is 0 Å². The molecule has 3 rings (SSSR count). The van der Waals surface area contributed by atoms with Crippen LogP contribution < -0.4 is 16.0 Å². The molecule has 0 bridgehead atoms. The largest absolute Gasteiger partial charge is 0.352 e. The molecule has 0 spiro atoms. The van der Waals surface area contributed by atoms with Gasteiger partial charge in [0.1, 0.15) is 17.8 Å². The Hall–Kier alpha value is -2.06. The van der Waals surface area contributed by atoms with Crippen molar-refractivity contribution in [2.24, 2.45) is 5.73 Å². The van der Waals surface area contributed by atoms with Gasteiger partial charge in [-0.15, -0.1) is 11.8 Å². The second kappa shape index (κ2) is 8.87. The van der Waals surface area contributed by atoms with Crippen molar-refractivity contribution >= 4 is 34.5 Å². The number of nitrogens with two attached hydrogens (primary N) is 1. The van der Waals surface area contributed by atoms with Crippen molar-refractivity contribution < 1.29 is 4.79 Å². The van der Waals surface area contributed by atoms with E-state index in [0.29, 0.717) is 6.54 Å². The number of hydrogen-bond donors (Lipinski definition) is 3. The molecule has 8 heteroatoms. The molecule has 0 fully saturated rings. The molecule has 0 atom stereocenters. The molecule has 4 N–H and O–H groups in total. The van der Waals surface area contributed by atoms with Gasteiger partial charge in [0.2, 0.25) is 0 Å². The van der Waals surface area contributed by atoms with Gasteiger partial charge in [0.05, 0.1) is 10.3 Å².